The lowest BCUT2D eigenvalue weighted by atomic mass is 9.66. The zero-order valence-electron chi connectivity index (χ0n) is 19.8. The van der Waals surface area contributed by atoms with Crippen LogP contribution in [0.1, 0.15) is 32.8 Å². The van der Waals surface area contributed by atoms with E-state index in [1.165, 1.54) is 4.90 Å². The van der Waals surface area contributed by atoms with Crippen LogP contribution in [0.3, 0.4) is 0 Å². The number of halogens is 1. The number of carbonyl (C=O) groups excluding carboxylic acids is 4. The van der Waals surface area contributed by atoms with Crippen LogP contribution in [0.25, 0.3) is 11.0 Å². The first-order valence-electron chi connectivity index (χ1n) is 11.8. The van der Waals surface area contributed by atoms with Gasteiger partial charge in [-0.2, -0.15) is 0 Å². The minimum Gasteiger partial charge on any atom is -0.447 e. The van der Waals surface area contributed by atoms with Gasteiger partial charge in [0.1, 0.15) is 6.61 Å². The molecule has 2 N–H and O–H groups in total. The molecule has 0 unspecified atom stereocenters. The number of morpholine rings is 1. The van der Waals surface area contributed by atoms with E-state index in [0.717, 1.165) is 0 Å². The second-order valence-corrected chi connectivity index (χ2v) is 9.72. The molecule has 0 bridgehead atoms. The van der Waals surface area contributed by atoms with Crippen LogP contribution in [0.2, 0.25) is 0 Å². The summed E-state index contributed by atoms with van der Waals surface area (Å²) in [4.78, 5) is 53.9. The SMILES string of the molecule is CC[C@@H]1COC(=O)N1c1noc2c(F)c3c(cc12)CC1(C(=O)NC(=O)NC1=O)[C@H]1[C@H](C)O[C@H](C)CN31. The molecule has 2 aromatic rings. The van der Waals surface area contributed by atoms with Crippen LogP contribution in [-0.4, -0.2) is 66.5 Å². The summed E-state index contributed by atoms with van der Waals surface area (Å²) in [7, 11) is 0. The minimum atomic E-state index is -1.75. The molecule has 0 radical (unpaired) electrons. The number of aromatic nitrogens is 1. The fraction of sp³-hybridized carbons (Fsp3) is 0.522. The van der Waals surface area contributed by atoms with Gasteiger partial charge in [0.15, 0.2) is 17.1 Å². The Morgan fingerprint density at radius 1 is 1.19 bits per heavy atom. The number of benzene rings is 1. The first-order valence-corrected chi connectivity index (χ1v) is 11.8. The van der Waals surface area contributed by atoms with E-state index in [-0.39, 0.29) is 54.2 Å². The normalized spacial score (nSPS) is 29.2. The summed E-state index contributed by atoms with van der Waals surface area (Å²) in [5.41, 5.74) is -1.37. The maximum absolute atomic E-state index is 16.2. The van der Waals surface area contributed by atoms with Crippen LogP contribution in [-0.2, 0) is 25.5 Å². The Morgan fingerprint density at radius 3 is 2.61 bits per heavy atom. The highest BCUT2D eigenvalue weighted by molar-refractivity contribution is 6.20. The molecule has 4 aliphatic heterocycles. The van der Waals surface area contributed by atoms with Crippen LogP contribution in [0.4, 0.5) is 25.5 Å². The third-order valence-corrected chi connectivity index (χ3v) is 7.61. The smallest absolute Gasteiger partial charge is 0.416 e. The van der Waals surface area contributed by atoms with Gasteiger partial charge in [-0.3, -0.25) is 25.1 Å². The number of fused-ring (bicyclic) bond motifs is 5. The van der Waals surface area contributed by atoms with Gasteiger partial charge in [0.2, 0.25) is 17.4 Å². The molecule has 1 aromatic carbocycles. The number of imide groups is 2. The Balaban J connectivity index is 1.57. The lowest BCUT2D eigenvalue weighted by Crippen LogP contribution is -2.75. The van der Waals surface area contributed by atoms with Crippen LogP contribution in [0.5, 0.6) is 0 Å². The molecule has 5 heterocycles. The summed E-state index contributed by atoms with van der Waals surface area (Å²) < 4.78 is 32.7. The number of amides is 5. The number of nitrogens with zero attached hydrogens (tertiary/aromatic N) is 3. The highest BCUT2D eigenvalue weighted by Gasteiger charge is 2.63. The van der Waals surface area contributed by atoms with Crippen molar-refractivity contribution in [1.82, 2.24) is 15.8 Å². The summed E-state index contributed by atoms with van der Waals surface area (Å²) in [5, 5.41) is 8.62. The highest BCUT2D eigenvalue weighted by Crippen LogP contribution is 2.50. The molecule has 6 rings (SSSR count). The topological polar surface area (TPSA) is 143 Å². The summed E-state index contributed by atoms with van der Waals surface area (Å²) >= 11 is 0. The van der Waals surface area contributed by atoms with Gasteiger partial charge in [-0.05, 0) is 31.9 Å². The van der Waals surface area contributed by atoms with Crippen LogP contribution in [0.15, 0.2) is 10.6 Å². The molecular weight excluding hydrogens is 477 g/mol. The Bertz CT molecular complexity index is 1320. The van der Waals surface area contributed by atoms with Crippen LogP contribution in [0, 0.1) is 11.2 Å². The maximum atomic E-state index is 16.2. The molecule has 3 saturated heterocycles. The van der Waals surface area contributed by atoms with Crippen molar-refractivity contribution in [2.75, 3.05) is 23.0 Å². The number of carbonyl (C=O) groups is 4. The highest BCUT2D eigenvalue weighted by atomic mass is 19.1. The molecule has 0 saturated carbocycles. The molecular formula is C23H24FN5O7. The number of hydrogen-bond acceptors (Lipinski definition) is 9. The van der Waals surface area contributed by atoms with Gasteiger partial charge in [0, 0.05) is 13.0 Å². The van der Waals surface area contributed by atoms with Gasteiger partial charge in [0.05, 0.1) is 35.4 Å². The molecule has 0 aliphatic carbocycles. The quantitative estimate of drug-likeness (QED) is 0.587. The van der Waals surface area contributed by atoms with Gasteiger partial charge >= 0.3 is 12.1 Å². The molecule has 1 spiro atoms. The predicted octanol–water partition coefficient (Wildman–Crippen LogP) is 1.59. The first kappa shape index (κ1) is 22.7. The average molecular weight is 501 g/mol. The second-order valence-electron chi connectivity index (χ2n) is 9.72. The number of rotatable bonds is 2. The zero-order valence-corrected chi connectivity index (χ0v) is 19.8. The standard InChI is InChI=1S/C23H24FN5O7/c1-4-12-8-34-22(33)29(12)18-13-5-11-6-23(19(30)25-21(32)26-20(23)31)17-10(3)35-9(2)7-28(17)15(11)14(24)16(13)36-27-18/h5,9-10,12,17H,4,6-8H2,1-3H3,(H2,25,26,30,31,32)/t9-,10+,12-,17-/m1/s1. The van der Waals surface area contributed by atoms with E-state index in [2.05, 4.69) is 15.8 Å². The van der Waals surface area contributed by atoms with E-state index in [1.54, 1.807) is 17.9 Å². The van der Waals surface area contributed by atoms with Crippen molar-refractivity contribution in [1.29, 1.82) is 0 Å². The Morgan fingerprint density at radius 2 is 1.92 bits per heavy atom. The van der Waals surface area contributed by atoms with E-state index >= 15 is 4.39 Å². The van der Waals surface area contributed by atoms with Crippen molar-refractivity contribution in [2.45, 2.75) is 57.9 Å². The van der Waals surface area contributed by atoms with Crippen molar-refractivity contribution in [3.05, 3.63) is 17.4 Å². The third kappa shape index (κ3) is 2.85. The van der Waals surface area contributed by atoms with Gasteiger partial charge < -0.3 is 18.9 Å². The van der Waals surface area contributed by atoms with Crippen molar-refractivity contribution < 1.29 is 37.6 Å². The first-order chi connectivity index (χ1) is 17.2. The second kappa shape index (κ2) is 7.63. The lowest BCUT2D eigenvalue weighted by Gasteiger charge is -2.55. The third-order valence-electron chi connectivity index (χ3n) is 7.61. The molecule has 1 aromatic heterocycles. The van der Waals surface area contributed by atoms with Gasteiger partial charge in [0.25, 0.3) is 0 Å². The molecule has 12 nitrogen and oxygen atoms in total. The predicted molar refractivity (Wildman–Crippen MR) is 121 cm³/mol. The maximum Gasteiger partial charge on any atom is 0.416 e. The Kier molecular flexibility index (Phi) is 4.81. The fourth-order valence-corrected chi connectivity index (χ4v) is 6.13. The molecule has 190 valence electrons. The summed E-state index contributed by atoms with van der Waals surface area (Å²) in [6, 6.07) is -0.506. The van der Waals surface area contributed by atoms with Gasteiger partial charge in [-0.15, -0.1) is 0 Å². The number of barbiturate groups is 1. The van der Waals surface area contributed by atoms with Crippen LogP contribution >= 0.6 is 0 Å². The summed E-state index contributed by atoms with van der Waals surface area (Å²) in [6.45, 7) is 5.77. The van der Waals surface area contributed by atoms with E-state index in [1.807, 2.05) is 13.8 Å². The van der Waals surface area contributed by atoms with E-state index in [0.29, 0.717) is 12.0 Å². The number of hydrogen-bond donors (Lipinski definition) is 2. The van der Waals surface area contributed by atoms with Gasteiger partial charge in [-0.1, -0.05) is 12.1 Å². The molecule has 4 aliphatic rings. The van der Waals surface area contributed by atoms with E-state index in [9.17, 15) is 19.2 Å². The van der Waals surface area contributed by atoms with E-state index < -0.39 is 47.3 Å². The van der Waals surface area contributed by atoms with Gasteiger partial charge in [-0.25, -0.2) is 14.0 Å². The molecule has 13 heteroatoms. The van der Waals surface area contributed by atoms with Crippen molar-refractivity contribution >= 4 is 46.4 Å². The van der Waals surface area contributed by atoms with Crippen molar-refractivity contribution in [2.24, 2.45) is 5.41 Å². The molecule has 3 fully saturated rings. The number of ether oxygens (including phenoxy) is 2. The minimum absolute atomic E-state index is 0.105. The summed E-state index contributed by atoms with van der Waals surface area (Å²) in [5.74, 6) is -2.16. The summed E-state index contributed by atoms with van der Waals surface area (Å²) in [6.07, 6.45) is -1.21. The monoisotopic (exact) mass is 501 g/mol. The average Bonchev–Trinajstić information content (AvgIpc) is 3.39. The Hall–Kier alpha value is -3.74. The number of nitrogens with one attached hydrogen (secondary N) is 2. The van der Waals surface area contributed by atoms with Crippen molar-refractivity contribution in [3.8, 4) is 0 Å². The van der Waals surface area contributed by atoms with E-state index in [4.69, 9.17) is 14.0 Å². The molecule has 5 amide bonds. The largest absolute Gasteiger partial charge is 0.447 e. The van der Waals surface area contributed by atoms with Crippen molar-refractivity contribution in [3.63, 3.8) is 0 Å². The Labute approximate surface area is 204 Å². The number of anilines is 2. The fourth-order valence-electron chi connectivity index (χ4n) is 6.13. The molecule has 36 heavy (non-hydrogen) atoms. The molecule has 4 atom stereocenters. The zero-order chi connectivity index (χ0) is 25.5. The lowest BCUT2D eigenvalue weighted by molar-refractivity contribution is -0.153. The van der Waals surface area contributed by atoms with Crippen LogP contribution < -0.4 is 20.4 Å². The number of cyclic esters (lactones) is 1. The number of urea groups is 1.